The molecule has 0 aromatic rings. The van der Waals surface area contributed by atoms with Gasteiger partial charge in [0.25, 0.3) is 0 Å². The van der Waals surface area contributed by atoms with Gasteiger partial charge < -0.3 is 18.7 Å². The van der Waals surface area contributed by atoms with E-state index in [0.717, 1.165) is 24.6 Å². The van der Waals surface area contributed by atoms with E-state index in [1.807, 2.05) is 27.7 Å². The zero-order chi connectivity index (χ0) is 15.9. The quantitative estimate of drug-likeness (QED) is 0.446. The molecule has 0 amide bonds. The molecular formula is C15H35NO3Si. The monoisotopic (exact) mass is 305 g/mol. The summed E-state index contributed by atoms with van der Waals surface area (Å²) >= 11 is 0. The van der Waals surface area contributed by atoms with Crippen LogP contribution in [0.5, 0.6) is 0 Å². The van der Waals surface area contributed by atoms with Crippen molar-refractivity contribution in [2.24, 2.45) is 0 Å². The van der Waals surface area contributed by atoms with E-state index in [2.05, 4.69) is 13.8 Å². The molecule has 0 unspecified atom stereocenters. The first kappa shape index (κ1) is 22.1. The predicted molar refractivity (Wildman–Crippen MR) is 88.7 cm³/mol. The van der Waals surface area contributed by atoms with Crippen LogP contribution in [0.25, 0.3) is 0 Å². The summed E-state index contributed by atoms with van der Waals surface area (Å²) < 4.78 is 16.9. The molecule has 0 saturated carbocycles. The smallest absolute Gasteiger partial charge is 0.374 e. The second-order valence-electron chi connectivity index (χ2n) is 4.62. The number of hydrogen-bond acceptors (Lipinski definition) is 4. The predicted octanol–water partition coefficient (Wildman–Crippen LogP) is 4.66. The van der Waals surface area contributed by atoms with Crippen LogP contribution in [0.4, 0.5) is 0 Å². The Kier molecular flexibility index (Phi) is 16.7. The Labute approximate surface area is 127 Å². The lowest BCUT2D eigenvalue weighted by Gasteiger charge is -2.27. The van der Waals surface area contributed by atoms with Gasteiger partial charge in [-0.3, -0.25) is 0 Å². The Bertz CT molecular complexity index is 196. The number of nitrogens with one attached hydrogen (secondary N) is 1. The maximum absolute atomic E-state index is 7.00. The third-order valence-corrected chi connectivity index (χ3v) is 5.85. The largest absolute Gasteiger partial charge is 0.500 e. The summed E-state index contributed by atoms with van der Waals surface area (Å²) in [5, 5.41) is 7.00. The van der Waals surface area contributed by atoms with Crippen LogP contribution in [0.1, 0.15) is 67.2 Å². The van der Waals surface area contributed by atoms with Gasteiger partial charge >= 0.3 is 8.80 Å². The van der Waals surface area contributed by atoms with Gasteiger partial charge in [0.2, 0.25) is 0 Å². The van der Waals surface area contributed by atoms with Gasteiger partial charge in [0.15, 0.2) is 0 Å². The van der Waals surface area contributed by atoms with Crippen molar-refractivity contribution < 1.29 is 13.3 Å². The fourth-order valence-electron chi connectivity index (χ4n) is 1.75. The van der Waals surface area contributed by atoms with Crippen molar-refractivity contribution in [3.05, 3.63) is 0 Å². The third-order valence-electron chi connectivity index (χ3n) is 2.55. The molecule has 0 aliphatic rings. The first-order chi connectivity index (χ1) is 9.51. The highest BCUT2D eigenvalue weighted by atomic mass is 28.4. The molecule has 0 heterocycles. The van der Waals surface area contributed by atoms with Crippen LogP contribution >= 0.6 is 0 Å². The van der Waals surface area contributed by atoms with E-state index in [9.17, 15) is 0 Å². The molecule has 0 bridgehead atoms. The molecule has 0 spiro atoms. The number of hydrogen-bond donors (Lipinski definition) is 1. The van der Waals surface area contributed by atoms with Gasteiger partial charge in [-0.1, -0.05) is 26.7 Å². The Morgan fingerprint density at radius 1 is 0.850 bits per heavy atom. The summed E-state index contributed by atoms with van der Waals surface area (Å²) in [7, 11) is -2.30. The van der Waals surface area contributed by atoms with Gasteiger partial charge in [-0.25, -0.2) is 0 Å². The minimum Gasteiger partial charge on any atom is -0.374 e. The first-order valence-electron chi connectivity index (χ1n) is 7.97. The highest BCUT2D eigenvalue weighted by Gasteiger charge is 2.38. The molecule has 0 atom stereocenters. The van der Waals surface area contributed by atoms with Crippen molar-refractivity contribution in [2.75, 3.05) is 19.8 Å². The molecular weight excluding hydrogens is 270 g/mol. The zero-order valence-corrected chi connectivity index (χ0v) is 15.4. The van der Waals surface area contributed by atoms with E-state index in [1.165, 1.54) is 12.8 Å². The molecule has 20 heavy (non-hydrogen) atoms. The normalized spacial score (nSPS) is 10.9. The van der Waals surface area contributed by atoms with Crippen molar-refractivity contribution in [3.8, 4) is 0 Å². The van der Waals surface area contributed by atoms with E-state index in [4.69, 9.17) is 18.7 Å². The number of unbranched alkanes of at least 4 members (excludes halogenated alkanes) is 1. The highest BCUT2D eigenvalue weighted by Crippen LogP contribution is 2.17. The average molecular weight is 306 g/mol. The van der Waals surface area contributed by atoms with E-state index >= 15 is 0 Å². The van der Waals surface area contributed by atoms with Crippen molar-refractivity contribution in [1.82, 2.24) is 0 Å². The molecule has 0 rings (SSSR count). The van der Waals surface area contributed by atoms with Crippen molar-refractivity contribution in [1.29, 1.82) is 5.41 Å². The lowest BCUT2D eigenvalue weighted by atomic mass is 10.2. The fraction of sp³-hybridized carbons (Fsp3) is 0.933. The van der Waals surface area contributed by atoms with E-state index in [0.29, 0.717) is 19.8 Å². The standard InChI is InChI=1S/C9H22O3Si.C6H13N/c1-5-9-13(10-6-2,11-7-3)12-8-4;1-3-4-5-6(2)7/h5-9H2,1-4H3;7H,3-5H2,1-2H3. The van der Waals surface area contributed by atoms with Crippen LogP contribution in [0.15, 0.2) is 0 Å². The van der Waals surface area contributed by atoms with Crippen LogP contribution in [-0.4, -0.2) is 34.3 Å². The van der Waals surface area contributed by atoms with Crippen molar-refractivity contribution in [3.63, 3.8) is 0 Å². The SMILES string of the molecule is CCCCC(C)=N.CCC[Si](OCC)(OCC)OCC. The minimum atomic E-state index is -2.30. The molecule has 0 saturated heterocycles. The van der Waals surface area contributed by atoms with E-state index < -0.39 is 8.80 Å². The van der Waals surface area contributed by atoms with Crippen molar-refractivity contribution >= 4 is 14.5 Å². The van der Waals surface area contributed by atoms with Crippen LogP contribution in [-0.2, 0) is 13.3 Å². The van der Waals surface area contributed by atoms with Gasteiger partial charge in [0, 0.05) is 31.6 Å². The van der Waals surface area contributed by atoms with Crippen LogP contribution < -0.4 is 0 Å². The Morgan fingerprint density at radius 2 is 1.30 bits per heavy atom. The van der Waals surface area contributed by atoms with E-state index in [1.54, 1.807) is 0 Å². The summed E-state index contributed by atoms with van der Waals surface area (Å²) in [5.41, 5.74) is 0.807. The maximum atomic E-state index is 7.00. The Morgan fingerprint density at radius 3 is 1.50 bits per heavy atom. The average Bonchev–Trinajstić information content (AvgIpc) is 2.38. The second-order valence-corrected chi connectivity index (χ2v) is 7.35. The van der Waals surface area contributed by atoms with Gasteiger partial charge in [-0.15, -0.1) is 0 Å². The molecule has 5 heteroatoms. The molecule has 1 N–H and O–H groups in total. The van der Waals surface area contributed by atoms with Crippen molar-refractivity contribution in [2.45, 2.75) is 73.3 Å². The Hall–Kier alpha value is -0.233. The van der Waals surface area contributed by atoms with Crippen LogP contribution in [0, 0.1) is 5.41 Å². The topological polar surface area (TPSA) is 51.5 Å². The lowest BCUT2D eigenvalue weighted by molar-refractivity contribution is 0.0712. The molecule has 0 fully saturated rings. The molecule has 0 aromatic carbocycles. The summed E-state index contributed by atoms with van der Waals surface area (Å²) in [6, 6.07) is 0.919. The fourth-order valence-corrected chi connectivity index (χ4v) is 4.36. The molecule has 0 aromatic heterocycles. The summed E-state index contributed by atoms with van der Waals surface area (Å²) in [5.74, 6) is 0. The molecule has 4 nitrogen and oxygen atoms in total. The maximum Gasteiger partial charge on any atom is 0.500 e. The van der Waals surface area contributed by atoms with Gasteiger partial charge in [-0.05, 0) is 40.5 Å². The molecule has 0 aliphatic heterocycles. The van der Waals surface area contributed by atoms with Crippen LogP contribution in [0.3, 0.4) is 0 Å². The second kappa shape index (κ2) is 15.2. The first-order valence-corrected chi connectivity index (χ1v) is 9.90. The molecule has 0 radical (unpaired) electrons. The minimum absolute atomic E-state index is 0.673. The van der Waals surface area contributed by atoms with Crippen LogP contribution in [0.2, 0.25) is 6.04 Å². The lowest BCUT2D eigenvalue weighted by Crippen LogP contribution is -2.45. The summed E-state index contributed by atoms with van der Waals surface area (Å²) in [4.78, 5) is 0. The Balaban J connectivity index is 0. The van der Waals surface area contributed by atoms with Gasteiger partial charge in [-0.2, -0.15) is 0 Å². The summed E-state index contributed by atoms with van der Waals surface area (Å²) in [6.07, 6.45) is 4.41. The highest BCUT2D eigenvalue weighted by molar-refractivity contribution is 6.60. The molecule has 0 aliphatic carbocycles. The van der Waals surface area contributed by atoms with Gasteiger partial charge in [0.1, 0.15) is 0 Å². The van der Waals surface area contributed by atoms with Gasteiger partial charge in [0.05, 0.1) is 0 Å². The van der Waals surface area contributed by atoms with E-state index in [-0.39, 0.29) is 0 Å². The zero-order valence-electron chi connectivity index (χ0n) is 14.4. The third kappa shape index (κ3) is 12.8. The number of rotatable bonds is 11. The summed E-state index contributed by atoms with van der Waals surface area (Å²) in [6.45, 7) is 14.1. The molecule has 122 valence electrons.